The lowest BCUT2D eigenvalue weighted by Crippen LogP contribution is -2.52. The number of anilines is 1. The molecule has 3 heterocycles. The van der Waals surface area contributed by atoms with Gasteiger partial charge in [0.2, 0.25) is 5.91 Å². The number of amides is 3. The van der Waals surface area contributed by atoms with E-state index in [9.17, 15) is 9.59 Å². The number of nitrogens with one attached hydrogen (secondary N) is 4. The zero-order valence-corrected chi connectivity index (χ0v) is 16.7. The van der Waals surface area contributed by atoms with Gasteiger partial charge in [-0.2, -0.15) is 5.10 Å². The molecule has 0 aliphatic carbocycles. The Morgan fingerprint density at radius 3 is 2.83 bits per heavy atom. The van der Waals surface area contributed by atoms with Gasteiger partial charge in [0.25, 0.3) is 0 Å². The van der Waals surface area contributed by atoms with Crippen molar-refractivity contribution in [1.82, 2.24) is 25.7 Å². The lowest BCUT2D eigenvalue weighted by atomic mass is 10.2. The average molecular weight is 411 g/mol. The minimum atomic E-state index is -0.545. The highest BCUT2D eigenvalue weighted by molar-refractivity contribution is 7.09. The smallest absolute Gasteiger partial charge is 0.320 e. The third-order valence-electron chi connectivity index (χ3n) is 4.53. The molecule has 1 aliphatic heterocycles. The third kappa shape index (κ3) is 4.64. The summed E-state index contributed by atoms with van der Waals surface area (Å²) in [6.07, 6.45) is -0.149. The maximum Gasteiger partial charge on any atom is 0.320 e. The molecule has 3 aromatic rings. The van der Waals surface area contributed by atoms with Crippen molar-refractivity contribution < 1.29 is 9.59 Å². The number of nitrogens with zero attached hydrogens (tertiary/aromatic N) is 2. The van der Waals surface area contributed by atoms with Crippen LogP contribution in [0.25, 0.3) is 11.3 Å². The first kappa shape index (κ1) is 19.2. The topological polar surface area (TPSA) is 100 Å². The van der Waals surface area contributed by atoms with Gasteiger partial charge in [-0.3, -0.25) is 15.4 Å². The van der Waals surface area contributed by atoms with Crippen LogP contribution >= 0.6 is 11.3 Å². The van der Waals surface area contributed by atoms with Crippen LogP contribution in [0, 0.1) is 0 Å². The first-order valence-electron chi connectivity index (χ1n) is 9.36. The Morgan fingerprint density at radius 2 is 2.10 bits per heavy atom. The molecule has 0 bridgehead atoms. The molecule has 2 aromatic heterocycles. The van der Waals surface area contributed by atoms with Gasteiger partial charge in [0, 0.05) is 29.0 Å². The first-order chi connectivity index (χ1) is 14.1. The van der Waals surface area contributed by atoms with E-state index in [1.165, 1.54) is 0 Å². The van der Waals surface area contributed by atoms with E-state index in [4.69, 9.17) is 0 Å². The van der Waals surface area contributed by atoms with Crippen LogP contribution in [0.15, 0.2) is 53.9 Å². The fraction of sp³-hybridized carbons (Fsp3) is 0.250. The van der Waals surface area contributed by atoms with Crippen LogP contribution in [-0.4, -0.2) is 27.8 Å². The van der Waals surface area contributed by atoms with Gasteiger partial charge in [-0.15, -0.1) is 11.3 Å². The van der Waals surface area contributed by atoms with E-state index in [-0.39, 0.29) is 18.0 Å². The van der Waals surface area contributed by atoms with Crippen molar-refractivity contribution in [2.75, 3.05) is 5.32 Å². The molecular weight excluding hydrogens is 388 g/mol. The van der Waals surface area contributed by atoms with Crippen LogP contribution in [0.1, 0.15) is 24.5 Å². The summed E-state index contributed by atoms with van der Waals surface area (Å²) in [6.45, 7) is 2.38. The lowest BCUT2D eigenvalue weighted by molar-refractivity contribution is -0.125. The fourth-order valence-electron chi connectivity index (χ4n) is 3.17. The second kappa shape index (κ2) is 8.46. The quantitative estimate of drug-likeness (QED) is 0.520. The van der Waals surface area contributed by atoms with Crippen molar-refractivity contribution in [1.29, 1.82) is 0 Å². The molecule has 0 spiro atoms. The van der Waals surface area contributed by atoms with Gasteiger partial charge < -0.3 is 10.6 Å². The molecule has 2 atom stereocenters. The van der Waals surface area contributed by atoms with E-state index in [1.54, 1.807) is 22.1 Å². The van der Waals surface area contributed by atoms with E-state index in [1.807, 2.05) is 54.8 Å². The molecule has 0 radical (unpaired) electrons. The lowest BCUT2D eigenvalue weighted by Gasteiger charge is -2.30. The number of hydrogen-bond donors (Lipinski definition) is 4. The molecular formula is C20H22N6O2S. The highest BCUT2D eigenvalue weighted by atomic mass is 32.1. The number of rotatable bonds is 5. The number of hydrogen-bond acceptors (Lipinski definition) is 5. The number of carbonyl (C=O) groups excluding carboxylic acids is 2. The Bertz CT molecular complexity index is 986. The van der Waals surface area contributed by atoms with E-state index < -0.39 is 6.29 Å². The SMILES string of the molecule is CC1CC(=O)NC(n2nc(-c3ccccc3)cc2NC(=O)NCc2cccs2)N1. The molecule has 1 saturated heterocycles. The standard InChI is InChI=1S/C20H22N6O2S/c1-13-10-18(27)24-19(22-13)26-17(11-16(25-26)14-6-3-2-4-7-14)23-20(28)21-12-15-8-5-9-29-15/h2-9,11,13,19,22H,10,12H2,1H3,(H,24,27)(H2,21,23,28). The van der Waals surface area contributed by atoms with Crippen molar-refractivity contribution in [2.45, 2.75) is 32.2 Å². The van der Waals surface area contributed by atoms with Gasteiger partial charge in [-0.1, -0.05) is 36.4 Å². The molecule has 1 aliphatic rings. The van der Waals surface area contributed by atoms with Gasteiger partial charge in [0.05, 0.1) is 12.2 Å². The third-order valence-corrected chi connectivity index (χ3v) is 5.40. The predicted octanol–water partition coefficient (Wildman–Crippen LogP) is 2.89. The monoisotopic (exact) mass is 410 g/mol. The molecule has 4 N–H and O–H groups in total. The molecule has 8 nitrogen and oxygen atoms in total. The predicted molar refractivity (Wildman–Crippen MR) is 112 cm³/mol. The van der Waals surface area contributed by atoms with Gasteiger partial charge >= 0.3 is 6.03 Å². The van der Waals surface area contributed by atoms with Crippen LogP contribution in [0.4, 0.5) is 10.6 Å². The van der Waals surface area contributed by atoms with Crippen molar-refractivity contribution in [2.24, 2.45) is 0 Å². The molecule has 4 rings (SSSR count). The highest BCUT2D eigenvalue weighted by Gasteiger charge is 2.27. The molecule has 3 amide bonds. The summed E-state index contributed by atoms with van der Waals surface area (Å²) in [5.41, 5.74) is 1.62. The zero-order chi connectivity index (χ0) is 20.2. The van der Waals surface area contributed by atoms with E-state index in [0.29, 0.717) is 24.5 Å². The molecule has 29 heavy (non-hydrogen) atoms. The van der Waals surface area contributed by atoms with Gasteiger partial charge in [-0.05, 0) is 18.4 Å². The summed E-state index contributed by atoms with van der Waals surface area (Å²) in [5.74, 6) is 0.422. The van der Waals surface area contributed by atoms with E-state index >= 15 is 0 Å². The van der Waals surface area contributed by atoms with Crippen molar-refractivity contribution in [3.8, 4) is 11.3 Å². The Labute approximate surface area is 172 Å². The fourth-order valence-corrected chi connectivity index (χ4v) is 3.81. The minimum Gasteiger partial charge on any atom is -0.333 e. The molecule has 9 heteroatoms. The number of benzene rings is 1. The minimum absolute atomic E-state index is 0.00127. The van der Waals surface area contributed by atoms with Gasteiger partial charge in [0.1, 0.15) is 5.82 Å². The average Bonchev–Trinajstić information content (AvgIpc) is 3.36. The summed E-state index contributed by atoms with van der Waals surface area (Å²) in [6, 6.07) is 15.1. The summed E-state index contributed by atoms with van der Waals surface area (Å²) < 4.78 is 1.60. The second-order valence-corrected chi connectivity index (χ2v) is 7.89. The van der Waals surface area contributed by atoms with Crippen molar-refractivity contribution in [3.63, 3.8) is 0 Å². The summed E-state index contributed by atoms with van der Waals surface area (Å²) in [7, 11) is 0. The van der Waals surface area contributed by atoms with Crippen LogP contribution in [0.2, 0.25) is 0 Å². The normalized spacial score (nSPS) is 18.9. The summed E-state index contributed by atoms with van der Waals surface area (Å²) in [5, 5.41) is 18.5. The van der Waals surface area contributed by atoms with Crippen LogP contribution in [-0.2, 0) is 11.3 Å². The largest absolute Gasteiger partial charge is 0.333 e. The van der Waals surface area contributed by atoms with Crippen LogP contribution in [0.3, 0.4) is 0 Å². The van der Waals surface area contributed by atoms with Crippen molar-refractivity contribution >= 4 is 29.1 Å². The number of carbonyl (C=O) groups is 2. The Kier molecular flexibility index (Phi) is 5.59. The first-order valence-corrected chi connectivity index (χ1v) is 10.2. The summed E-state index contributed by atoms with van der Waals surface area (Å²) >= 11 is 1.58. The van der Waals surface area contributed by atoms with Crippen LogP contribution in [0.5, 0.6) is 0 Å². The number of aromatic nitrogens is 2. The Balaban J connectivity index is 1.57. The van der Waals surface area contributed by atoms with Crippen molar-refractivity contribution in [3.05, 3.63) is 58.8 Å². The molecule has 1 fully saturated rings. The maximum absolute atomic E-state index is 12.5. The Hall–Kier alpha value is -3.17. The van der Waals surface area contributed by atoms with Gasteiger partial charge in [-0.25, -0.2) is 9.48 Å². The second-order valence-electron chi connectivity index (χ2n) is 6.85. The summed E-state index contributed by atoms with van der Waals surface area (Å²) in [4.78, 5) is 25.5. The molecule has 2 unspecified atom stereocenters. The van der Waals surface area contributed by atoms with E-state index in [2.05, 4.69) is 26.4 Å². The molecule has 0 saturated carbocycles. The van der Waals surface area contributed by atoms with Gasteiger partial charge in [0.15, 0.2) is 6.29 Å². The number of thiophene rings is 1. The van der Waals surface area contributed by atoms with Crippen LogP contribution < -0.4 is 21.3 Å². The molecule has 150 valence electrons. The van der Waals surface area contributed by atoms with E-state index in [0.717, 1.165) is 10.4 Å². The highest BCUT2D eigenvalue weighted by Crippen LogP contribution is 2.24. The Morgan fingerprint density at radius 1 is 1.28 bits per heavy atom. The number of urea groups is 1. The maximum atomic E-state index is 12.5. The zero-order valence-electron chi connectivity index (χ0n) is 15.9. The molecule has 1 aromatic carbocycles.